The highest BCUT2D eigenvalue weighted by atomic mass is 31.2. The Morgan fingerprint density at radius 3 is 2.16 bits per heavy atom. The van der Waals surface area contributed by atoms with Gasteiger partial charge in [-0.3, -0.25) is 9.05 Å². The van der Waals surface area contributed by atoms with Crippen LogP contribution >= 0.6 is 7.82 Å². The van der Waals surface area contributed by atoms with E-state index in [1.54, 1.807) is 36.4 Å². The fourth-order valence-electron chi connectivity index (χ4n) is 7.29. The summed E-state index contributed by atoms with van der Waals surface area (Å²) in [6, 6.07) is 12.1. The van der Waals surface area contributed by atoms with Crippen molar-refractivity contribution in [2.24, 2.45) is 0 Å². The molecule has 0 radical (unpaired) electrons. The van der Waals surface area contributed by atoms with Crippen LogP contribution in [0.15, 0.2) is 36.7 Å². The monoisotopic (exact) mass is 870 g/mol. The molecule has 6 atom stereocenters. The fraction of sp³-hybridized carbons (Fsp3) is 0.682. The van der Waals surface area contributed by atoms with Crippen LogP contribution in [0.2, 0.25) is 0 Å². The van der Waals surface area contributed by atoms with E-state index in [0.29, 0.717) is 29.0 Å². The number of nitrogens with zero attached hydrogens (tertiary/aromatic N) is 5. The van der Waals surface area contributed by atoms with E-state index < -0.39 is 51.1 Å². The van der Waals surface area contributed by atoms with Crippen LogP contribution in [0.4, 0.5) is 5.82 Å². The first-order valence-electron chi connectivity index (χ1n) is 22.0. The molecule has 1 aliphatic heterocycles. The quantitative estimate of drug-likeness (QED) is 0.0354. The van der Waals surface area contributed by atoms with E-state index in [-0.39, 0.29) is 30.8 Å². The first-order valence-corrected chi connectivity index (χ1v) is 23.5. The van der Waals surface area contributed by atoms with Crippen LogP contribution in [0.5, 0.6) is 5.75 Å². The molecule has 2 aromatic heterocycles. The predicted octanol–water partition coefficient (Wildman–Crippen LogP) is 8.02. The molecule has 0 aliphatic carbocycles. The molecule has 3 heterocycles. The minimum atomic E-state index is -4.89. The Morgan fingerprint density at radius 2 is 1.56 bits per heavy atom. The van der Waals surface area contributed by atoms with E-state index in [2.05, 4.69) is 23.1 Å². The lowest BCUT2D eigenvalue weighted by molar-refractivity contribution is -0.0790. The van der Waals surface area contributed by atoms with Crippen molar-refractivity contribution in [1.82, 2.24) is 14.6 Å². The van der Waals surface area contributed by atoms with Gasteiger partial charge in [0, 0.05) is 6.61 Å². The molecule has 0 amide bonds. The number of ether oxygens (including phenoxy) is 4. The Hall–Kier alpha value is -3.67. The number of nitrogens with two attached hydrogens (primary N) is 1. The minimum Gasteiger partial charge on any atom is -0.490 e. The maximum atomic E-state index is 13.2. The Bertz CT molecular complexity index is 1880. The van der Waals surface area contributed by atoms with Gasteiger partial charge in [0.2, 0.25) is 5.60 Å². The first-order chi connectivity index (χ1) is 29.4. The number of fused-ring (bicyclic) bond motifs is 1. The smallest absolute Gasteiger partial charge is 0.472 e. The van der Waals surface area contributed by atoms with Gasteiger partial charge in [-0.1, -0.05) is 109 Å². The van der Waals surface area contributed by atoms with E-state index in [9.17, 15) is 30.2 Å². The van der Waals surface area contributed by atoms with Crippen molar-refractivity contribution in [3.63, 3.8) is 0 Å². The van der Waals surface area contributed by atoms with Gasteiger partial charge in [-0.15, -0.1) is 0 Å². The molecule has 338 valence electrons. The molecule has 1 aliphatic rings. The molecule has 16 nitrogen and oxygen atoms in total. The topological polar surface area (TPSA) is 237 Å². The van der Waals surface area contributed by atoms with Gasteiger partial charge in [-0.05, 0) is 50.1 Å². The van der Waals surface area contributed by atoms with Gasteiger partial charge in [0.15, 0.2) is 5.82 Å². The summed E-state index contributed by atoms with van der Waals surface area (Å²) in [7, 11) is -4.89. The zero-order valence-electron chi connectivity index (χ0n) is 36.2. The number of aromatic nitrogens is 3. The molecule has 17 heteroatoms. The second-order valence-electron chi connectivity index (χ2n) is 16.1. The number of nitrogen functional groups attached to an aromatic ring is 1. The highest BCUT2D eigenvalue weighted by Crippen LogP contribution is 2.47. The van der Waals surface area contributed by atoms with Gasteiger partial charge >= 0.3 is 7.82 Å². The molecular formula is C44H67N6O10P. The summed E-state index contributed by atoms with van der Waals surface area (Å²) < 4.78 is 48.8. The predicted molar refractivity (Wildman–Crippen MR) is 229 cm³/mol. The highest BCUT2D eigenvalue weighted by molar-refractivity contribution is 7.47. The number of hydrogen-bond acceptors (Lipinski definition) is 14. The van der Waals surface area contributed by atoms with Gasteiger partial charge in [-0.2, -0.15) is 15.6 Å². The van der Waals surface area contributed by atoms with E-state index in [0.717, 1.165) is 19.3 Å². The summed E-state index contributed by atoms with van der Waals surface area (Å²) in [4.78, 5) is 14.7. The third-order valence-corrected chi connectivity index (χ3v) is 11.7. The largest absolute Gasteiger partial charge is 0.490 e. The molecule has 0 saturated carbocycles. The molecule has 3 aromatic rings. The van der Waals surface area contributed by atoms with E-state index in [1.807, 2.05) is 13.8 Å². The Morgan fingerprint density at radius 1 is 0.918 bits per heavy atom. The van der Waals surface area contributed by atoms with Crippen molar-refractivity contribution >= 4 is 19.2 Å². The van der Waals surface area contributed by atoms with Crippen LogP contribution < -0.4 is 10.5 Å². The number of nitriles is 2. The second-order valence-corrected chi connectivity index (χ2v) is 17.6. The molecule has 5 N–H and O–H groups in total. The fourth-order valence-corrected chi connectivity index (χ4v) is 8.08. The van der Waals surface area contributed by atoms with E-state index in [4.69, 9.17) is 33.7 Å². The van der Waals surface area contributed by atoms with Gasteiger partial charge in [-0.25, -0.2) is 14.1 Å². The number of aliphatic hydroxyl groups is 2. The lowest BCUT2D eigenvalue weighted by Crippen LogP contribution is -2.45. The summed E-state index contributed by atoms with van der Waals surface area (Å²) in [5.41, 5.74) is 5.43. The Balaban J connectivity index is 1.25. The second kappa shape index (κ2) is 26.1. The standard InChI is InChI=1S/C44H67N6O10P/c1-4-5-6-7-8-9-10-11-12-13-14-15-16-17-18-19-24-55-28-36(56-27-34-20-21-35(26-45)39(25-34)59-33(2)3)29-57-61(53,54)58-31-44(30-46)42(52)40(51)41(60-44)37-22-23-38-43(47)48-32-49-50(37)38/h20-23,25,32-33,36,40-42,51-52H,4-19,24,27-29,31H2,1-3H3,(H,53,54)(H2,47,48,49)/t36-,40+,41+,42+,44-/m1/s1. The van der Waals surface area contributed by atoms with Crippen LogP contribution in [-0.4, -0.2) is 86.1 Å². The van der Waals surface area contributed by atoms with E-state index >= 15 is 0 Å². The average Bonchev–Trinajstić information content (AvgIpc) is 3.79. The summed E-state index contributed by atoms with van der Waals surface area (Å²) >= 11 is 0. The van der Waals surface area contributed by atoms with Gasteiger partial charge < -0.3 is 39.8 Å². The number of rotatable bonds is 31. The van der Waals surface area contributed by atoms with Crippen molar-refractivity contribution in [3.8, 4) is 17.9 Å². The molecule has 4 rings (SSSR count). The normalized spacial score (nSPS) is 20.4. The van der Waals surface area contributed by atoms with Crippen molar-refractivity contribution in [2.45, 2.75) is 166 Å². The third kappa shape index (κ3) is 15.9. The van der Waals surface area contributed by atoms with Crippen LogP contribution in [-0.2, 0) is 34.4 Å². The lowest BCUT2D eigenvalue weighted by atomic mass is 9.96. The Kier molecular flexibility index (Phi) is 21.4. The van der Waals surface area contributed by atoms with Crippen molar-refractivity contribution in [3.05, 3.63) is 53.5 Å². The molecule has 1 fully saturated rings. The maximum absolute atomic E-state index is 13.2. The average molecular weight is 871 g/mol. The SMILES string of the molecule is CCCCCCCCCCCCCCCCCCOC[C@H](COP(=O)(O)OC[C@@]1(C#N)O[C@@H](c2ccc3c(N)ncnn23)[C@H](O)[C@@H]1O)OCc1ccc(C#N)c(OC(C)C)c1. The first kappa shape index (κ1) is 50.0. The van der Waals surface area contributed by atoms with Crippen LogP contribution in [0.3, 0.4) is 0 Å². The third-order valence-electron chi connectivity index (χ3n) is 10.8. The molecule has 0 bridgehead atoms. The number of benzene rings is 1. The number of unbranched alkanes of at least 4 members (excludes halogenated alkanes) is 15. The molecular weight excluding hydrogens is 803 g/mol. The van der Waals surface area contributed by atoms with Crippen molar-refractivity contribution in [1.29, 1.82) is 10.5 Å². The number of anilines is 1. The number of phosphoric ester groups is 1. The minimum absolute atomic E-state index is 0.0432. The summed E-state index contributed by atoms with van der Waals surface area (Å²) in [5, 5.41) is 45.6. The van der Waals surface area contributed by atoms with Crippen LogP contribution in [0, 0.1) is 22.7 Å². The highest BCUT2D eigenvalue weighted by Gasteiger charge is 2.57. The molecule has 1 aromatic carbocycles. The summed E-state index contributed by atoms with van der Waals surface area (Å²) in [5.74, 6) is 0.578. The number of phosphoric acid groups is 1. The zero-order chi connectivity index (χ0) is 44.1. The summed E-state index contributed by atoms with van der Waals surface area (Å²) in [6.45, 7) is 5.19. The lowest BCUT2D eigenvalue weighted by Gasteiger charge is -2.26. The van der Waals surface area contributed by atoms with Gasteiger partial charge in [0.25, 0.3) is 0 Å². The summed E-state index contributed by atoms with van der Waals surface area (Å²) in [6.07, 6.45) is 15.7. The van der Waals surface area contributed by atoms with Crippen molar-refractivity contribution in [2.75, 3.05) is 32.2 Å². The van der Waals surface area contributed by atoms with Crippen LogP contribution in [0.25, 0.3) is 5.52 Å². The number of hydrogen-bond donors (Lipinski definition) is 4. The Labute approximate surface area is 360 Å². The molecule has 61 heavy (non-hydrogen) atoms. The van der Waals surface area contributed by atoms with Gasteiger partial charge in [0.05, 0.1) is 37.2 Å². The van der Waals surface area contributed by atoms with Gasteiger partial charge in [0.1, 0.15) is 60.8 Å². The molecule has 1 unspecified atom stereocenters. The molecule has 0 spiro atoms. The molecule has 1 saturated heterocycles. The number of aliphatic hydroxyl groups excluding tert-OH is 2. The maximum Gasteiger partial charge on any atom is 0.472 e. The van der Waals surface area contributed by atoms with Crippen molar-refractivity contribution < 1.29 is 47.7 Å². The van der Waals surface area contributed by atoms with E-state index in [1.165, 1.54) is 94.3 Å². The van der Waals surface area contributed by atoms with Crippen LogP contribution in [0.1, 0.15) is 146 Å². The zero-order valence-corrected chi connectivity index (χ0v) is 37.1.